The van der Waals surface area contributed by atoms with E-state index >= 15 is 0 Å². The number of hydrogen-bond donors (Lipinski definition) is 1. The van der Waals surface area contributed by atoms with Crippen molar-refractivity contribution in [1.29, 1.82) is 0 Å². The van der Waals surface area contributed by atoms with Gasteiger partial charge in [0.25, 0.3) is 0 Å². The number of nitrogens with zero attached hydrogens (tertiary/aromatic N) is 1. The van der Waals surface area contributed by atoms with Crippen LogP contribution in [0.3, 0.4) is 0 Å². The van der Waals surface area contributed by atoms with Crippen LogP contribution in [0.4, 0.5) is 17.1 Å². The zero-order chi connectivity index (χ0) is 25.2. The Hall–Kier alpha value is -4.54. The van der Waals surface area contributed by atoms with Crippen molar-refractivity contribution in [2.75, 3.05) is 4.90 Å². The molecule has 0 unspecified atom stereocenters. The highest BCUT2D eigenvalue weighted by Crippen LogP contribution is 2.45. The Labute approximate surface area is 227 Å². The highest BCUT2D eigenvalue weighted by Gasteiger charge is 2.22. The Kier molecular flexibility index (Phi) is 4.67. The molecule has 2 heterocycles. The molecule has 6 aromatic carbocycles. The third-order valence-electron chi connectivity index (χ3n) is 7.43. The maximum atomic E-state index is 6.52. The lowest BCUT2D eigenvalue weighted by molar-refractivity contribution is 0.669. The first-order valence-electron chi connectivity index (χ1n) is 12.6. The molecule has 0 radical (unpaired) electrons. The third-order valence-corrected chi connectivity index (χ3v) is 7.92. The molecule has 8 rings (SSSR count). The van der Waals surface area contributed by atoms with E-state index in [4.69, 9.17) is 4.42 Å². The lowest BCUT2D eigenvalue weighted by atomic mass is 10.1. The number of para-hydroxylation sites is 3. The third kappa shape index (κ3) is 3.20. The molecule has 3 nitrogen and oxygen atoms in total. The molecule has 0 saturated carbocycles. The summed E-state index contributed by atoms with van der Waals surface area (Å²) in [6.07, 6.45) is 0. The lowest BCUT2D eigenvalue weighted by Gasteiger charge is -2.26. The van der Waals surface area contributed by atoms with Crippen LogP contribution in [0.2, 0.25) is 0 Å². The predicted octanol–water partition coefficient (Wildman–Crippen LogP) is 10.6. The number of benzene rings is 6. The van der Waals surface area contributed by atoms with Gasteiger partial charge in [-0.1, -0.05) is 88.7 Å². The van der Waals surface area contributed by atoms with E-state index in [1.54, 1.807) is 0 Å². The number of H-pyrrole nitrogens is 1. The number of hydrogen-bond acceptors (Lipinski definition) is 2. The highest BCUT2D eigenvalue weighted by atomic mass is 79.9. The number of aromatic nitrogens is 1. The minimum Gasteiger partial charge on any atom is -0.454 e. The summed E-state index contributed by atoms with van der Waals surface area (Å²) in [5.74, 6) is 0. The van der Waals surface area contributed by atoms with Crippen molar-refractivity contribution in [3.05, 3.63) is 126 Å². The summed E-state index contributed by atoms with van der Waals surface area (Å²) in [5.41, 5.74) is 7.10. The van der Waals surface area contributed by atoms with E-state index < -0.39 is 0 Å². The zero-order valence-electron chi connectivity index (χ0n) is 20.3. The number of aromatic amines is 1. The number of halogens is 1. The Morgan fingerprint density at radius 2 is 1.34 bits per heavy atom. The number of rotatable bonds is 3. The van der Waals surface area contributed by atoms with Gasteiger partial charge in [0, 0.05) is 37.2 Å². The summed E-state index contributed by atoms with van der Waals surface area (Å²) in [4.78, 5) is 6.04. The largest absolute Gasteiger partial charge is 0.454 e. The van der Waals surface area contributed by atoms with Crippen molar-refractivity contribution in [2.45, 2.75) is 0 Å². The molecule has 180 valence electrons. The molecule has 0 bridgehead atoms. The van der Waals surface area contributed by atoms with Crippen molar-refractivity contribution in [3.8, 4) is 0 Å². The average Bonchev–Trinajstić information content (AvgIpc) is 3.52. The fraction of sp³-hybridized carbons (Fsp3) is 0. The Bertz CT molecular complexity index is 2170. The molecular weight excluding hydrogens is 532 g/mol. The average molecular weight is 553 g/mol. The van der Waals surface area contributed by atoms with Crippen molar-refractivity contribution >= 4 is 87.5 Å². The Morgan fingerprint density at radius 3 is 2.26 bits per heavy atom. The van der Waals surface area contributed by atoms with E-state index in [2.05, 4.69) is 135 Å². The van der Waals surface area contributed by atoms with Crippen LogP contribution in [0.15, 0.2) is 130 Å². The number of anilines is 3. The predicted molar refractivity (Wildman–Crippen MR) is 163 cm³/mol. The van der Waals surface area contributed by atoms with Crippen LogP contribution in [-0.4, -0.2) is 4.98 Å². The number of nitrogens with one attached hydrogen (secondary N) is 1. The molecule has 2 aromatic heterocycles. The van der Waals surface area contributed by atoms with Gasteiger partial charge in [-0.2, -0.15) is 0 Å². The second-order valence-corrected chi connectivity index (χ2v) is 10.5. The minimum atomic E-state index is 0.873. The number of furan rings is 1. The van der Waals surface area contributed by atoms with Crippen LogP contribution in [0, 0.1) is 0 Å². The maximum absolute atomic E-state index is 6.52. The monoisotopic (exact) mass is 552 g/mol. The molecule has 38 heavy (non-hydrogen) atoms. The standard InChI is InChI=1S/C34H21BrN2O/c35-23-16-18-29-28(20-23)26-10-5-12-30(33(26)36-29)37(24-17-15-21-7-1-2-8-22(21)19-24)31-13-6-11-27-25-9-3-4-14-32(25)38-34(27)31/h1-20,36H. The van der Waals surface area contributed by atoms with Crippen LogP contribution in [0.25, 0.3) is 54.5 Å². The molecule has 0 saturated heterocycles. The second-order valence-electron chi connectivity index (χ2n) is 9.63. The van der Waals surface area contributed by atoms with E-state index in [0.717, 1.165) is 54.5 Å². The van der Waals surface area contributed by atoms with Gasteiger partial charge in [0.15, 0.2) is 5.58 Å². The van der Waals surface area contributed by atoms with Crippen LogP contribution >= 0.6 is 15.9 Å². The lowest BCUT2D eigenvalue weighted by Crippen LogP contribution is -2.10. The van der Waals surface area contributed by atoms with Gasteiger partial charge < -0.3 is 14.3 Å². The van der Waals surface area contributed by atoms with Gasteiger partial charge in [0.1, 0.15) is 5.58 Å². The summed E-state index contributed by atoms with van der Waals surface area (Å²) >= 11 is 3.65. The van der Waals surface area contributed by atoms with Crippen LogP contribution in [-0.2, 0) is 0 Å². The summed E-state index contributed by atoms with van der Waals surface area (Å²) < 4.78 is 7.59. The summed E-state index contributed by atoms with van der Waals surface area (Å²) in [6, 6.07) is 42.7. The zero-order valence-corrected chi connectivity index (χ0v) is 21.9. The van der Waals surface area contributed by atoms with E-state index in [0.29, 0.717) is 0 Å². The van der Waals surface area contributed by atoms with Crippen molar-refractivity contribution in [3.63, 3.8) is 0 Å². The van der Waals surface area contributed by atoms with Gasteiger partial charge in [0.05, 0.1) is 16.9 Å². The molecule has 1 N–H and O–H groups in total. The van der Waals surface area contributed by atoms with Crippen LogP contribution in [0.1, 0.15) is 0 Å². The molecule has 0 aliphatic rings. The molecule has 0 spiro atoms. The first-order chi connectivity index (χ1) is 18.7. The number of fused-ring (bicyclic) bond motifs is 7. The van der Waals surface area contributed by atoms with Gasteiger partial charge in [-0.05, 0) is 59.3 Å². The molecule has 8 aromatic rings. The quantitative estimate of drug-likeness (QED) is 0.236. The maximum Gasteiger partial charge on any atom is 0.159 e. The first kappa shape index (κ1) is 21.5. The van der Waals surface area contributed by atoms with E-state index in [1.807, 2.05) is 12.1 Å². The molecule has 0 atom stereocenters. The molecule has 0 aliphatic heterocycles. The Morgan fingerprint density at radius 1 is 0.579 bits per heavy atom. The van der Waals surface area contributed by atoms with Gasteiger partial charge in [-0.3, -0.25) is 0 Å². The van der Waals surface area contributed by atoms with Crippen LogP contribution < -0.4 is 4.90 Å². The Balaban J connectivity index is 1.48. The van der Waals surface area contributed by atoms with E-state index in [1.165, 1.54) is 21.5 Å². The molecule has 0 fully saturated rings. The minimum absolute atomic E-state index is 0.873. The van der Waals surface area contributed by atoms with Gasteiger partial charge in [-0.15, -0.1) is 0 Å². The van der Waals surface area contributed by atoms with E-state index in [9.17, 15) is 0 Å². The summed E-state index contributed by atoms with van der Waals surface area (Å²) in [6.45, 7) is 0. The molecule has 0 amide bonds. The van der Waals surface area contributed by atoms with Crippen LogP contribution in [0.5, 0.6) is 0 Å². The first-order valence-corrected chi connectivity index (χ1v) is 13.4. The highest BCUT2D eigenvalue weighted by molar-refractivity contribution is 9.10. The summed E-state index contributed by atoms with van der Waals surface area (Å²) in [7, 11) is 0. The second kappa shape index (κ2) is 8.23. The van der Waals surface area contributed by atoms with Crippen molar-refractivity contribution < 1.29 is 4.42 Å². The van der Waals surface area contributed by atoms with Gasteiger partial charge in [-0.25, -0.2) is 0 Å². The van der Waals surface area contributed by atoms with Crippen molar-refractivity contribution in [1.82, 2.24) is 4.98 Å². The smallest absolute Gasteiger partial charge is 0.159 e. The fourth-order valence-electron chi connectivity index (χ4n) is 5.70. The molecule has 4 heteroatoms. The topological polar surface area (TPSA) is 32.2 Å². The molecule has 0 aliphatic carbocycles. The summed E-state index contributed by atoms with van der Waals surface area (Å²) in [5, 5.41) is 7.01. The normalized spacial score (nSPS) is 11.8. The van der Waals surface area contributed by atoms with Gasteiger partial charge >= 0.3 is 0 Å². The van der Waals surface area contributed by atoms with Crippen molar-refractivity contribution in [2.24, 2.45) is 0 Å². The van der Waals surface area contributed by atoms with Gasteiger partial charge in [0.2, 0.25) is 0 Å². The van der Waals surface area contributed by atoms with E-state index in [-0.39, 0.29) is 0 Å². The fourth-order valence-corrected chi connectivity index (χ4v) is 6.06. The molecular formula is C34H21BrN2O. The SMILES string of the molecule is Brc1ccc2[nH]c3c(N(c4ccc5ccccc5c4)c4cccc5c4oc4ccccc45)cccc3c2c1.